The first-order valence-electron chi connectivity index (χ1n) is 6.77. The van der Waals surface area contributed by atoms with E-state index in [2.05, 4.69) is 15.0 Å². The van der Waals surface area contributed by atoms with Gasteiger partial charge in [-0.2, -0.15) is 0 Å². The first-order valence-corrected chi connectivity index (χ1v) is 6.77. The minimum absolute atomic E-state index is 0.108. The van der Waals surface area contributed by atoms with Gasteiger partial charge in [0.1, 0.15) is 0 Å². The summed E-state index contributed by atoms with van der Waals surface area (Å²) in [5.74, 6) is -0.108. The Hall–Kier alpha value is -0.650. The summed E-state index contributed by atoms with van der Waals surface area (Å²) >= 11 is 0. The number of ether oxygens (including phenoxy) is 2. The molecule has 1 saturated heterocycles. The molecule has 0 unspecified atom stereocenters. The molecule has 1 aliphatic heterocycles. The van der Waals surface area contributed by atoms with Gasteiger partial charge < -0.3 is 14.8 Å². The van der Waals surface area contributed by atoms with Gasteiger partial charge in [0.25, 0.3) is 0 Å². The Bertz CT molecular complexity index is 228. The normalized spacial score (nSPS) is 17.9. The lowest BCUT2D eigenvalue weighted by atomic mass is 10.1. The number of carbonyl (C=O) groups excluding carboxylic acids is 1. The van der Waals surface area contributed by atoms with Gasteiger partial charge in [0, 0.05) is 32.7 Å². The molecule has 1 N–H and O–H groups in total. The van der Waals surface area contributed by atoms with Crippen LogP contribution in [0.15, 0.2) is 0 Å². The highest BCUT2D eigenvalue weighted by atomic mass is 16.5. The quantitative estimate of drug-likeness (QED) is 0.520. The van der Waals surface area contributed by atoms with Crippen molar-refractivity contribution in [2.45, 2.75) is 38.1 Å². The molecule has 0 amide bonds. The van der Waals surface area contributed by atoms with Gasteiger partial charge in [-0.05, 0) is 32.2 Å². The van der Waals surface area contributed by atoms with Crippen LogP contribution in [0.25, 0.3) is 0 Å². The molecule has 5 heteroatoms. The number of carbonyl (C=O) groups is 1. The lowest BCUT2D eigenvalue weighted by Crippen LogP contribution is -2.43. The number of nitrogens with one attached hydrogen (secondary N) is 1. The fourth-order valence-corrected chi connectivity index (χ4v) is 2.25. The van der Waals surface area contributed by atoms with E-state index in [1.54, 1.807) is 7.11 Å². The molecule has 106 valence electrons. The Morgan fingerprint density at radius 2 is 2.00 bits per heavy atom. The standard InChI is InChI=1S/C13H26N2O3/c1-17-11-15-9-6-12(7-10-15)14-8-4-3-5-13(16)18-2/h12,14H,3-11H2,1-2H3. The van der Waals surface area contributed by atoms with E-state index in [0.29, 0.717) is 12.5 Å². The summed E-state index contributed by atoms with van der Waals surface area (Å²) in [4.78, 5) is 13.2. The minimum Gasteiger partial charge on any atom is -0.469 e. The summed E-state index contributed by atoms with van der Waals surface area (Å²) < 4.78 is 9.73. The third kappa shape index (κ3) is 6.33. The van der Waals surface area contributed by atoms with E-state index in [4.69, 9.17) is 4.74 Å². The van der Waals surface area contributed by atoms with Crippen LogP contribution in [0.5, 0.6) is 0 Å². The Balaban J connectivity index is 1.96. The topological polar surface area (TPSA) is 50.8 Å². The number of piperidine rings is 1. The molecule has 0 aromatic carbocycles. The predicted molar refractivity (Wildman–Crippen MR) is 70.3 cm³/mol. The average Bonchev–Trinajstić information content (AvgIpc) is 2.40. The van der Waals surface area contributed by atoms with Crippen molar-refractivity contribution in [2.75, 3.05) is 40.6 Å². The Morgan fingerprint density at radius 3 is 2.61 bits per heavy atom. The predicted octanol–water partition coefficient (Wildman–Crippen LogP) is 0.988. The van der Waals surface area contributed by atoms with Crippen LogP contribution < -0.4 is 5.32 Å². The molecule has 1 aliphatic rings. The lowest BCUT2D eigenvalue weighted by Gasteiger charge is -2.31. The van der Waals surface area contributed by atoms with Crippen molar-refractivity contribution in [3.8, 4) is 0 Å². The van der Waals surface area contributed by atoms with E-state index in [-0.39, 0.29) is 5.97 Å². The Labute approximate surface area is 110 Å². The summed E-state index contributed by atoms with van der Waals surface area (Å²) in [7, 11) is 3.18. The molecular formula is C13H26N2O3. The first-order chi connectivity index (χ1) is 8.76. The van der Waals surface area contributed by atoms with E-state index in [0.717, 1.165) is 39.2 Å². The van der Waals surface area contributed by atoms with Crippen molar-refractivity contribution >= 4 is 5.97 Å². The van der Waals surface area contributed by atoms with Gasteiger partial charge in [0.15, 0.2) is 0 Å². The van der Waals surface area contributed by atoms with Crippen LogP contribution in [0.3, 0.4) is 0 Å². The van der Waals surface area contributed by atoms with Gasteiger partial charge in [-0.1, -0.05) is 0 Å². The fourth-order valence-electron chi connectivity index (χ4n) is 2.25. The van der Waals surface area contributed by atoms with Crippen LogP contribution in [0.2, 0.25) is 0 Å². The SMILES string of the molecule is COCN1CCC(NCCCCC(=O)OC)CC1. The highest BCUT2D eigenvalue weighted by Gasteiger charge is 2.17. The largest absolute Gasteiger partial charge is 0.469 e. The van der Waals surface area contributed by atoms with Crippen LogP contribution in [-0.4, -0.2) is 57.5 Å². The summed E-state index contributed by atoms with van der Waals surface area (Å²) in [5.41, 5.74) is 0. The van der Waals surface area contributed by atoms with Gasteiger partial charge in [-0.25, -0.2) is 0 Å². The van der Waals surface area contributed by atoms with E-state index >= 15 is 0 Å². The van der Waals surface area contributed by atoms with Crippen LogP contribution in [0, 0.1) is 0 Å². The molecule has 1 heterocycles. The molecule has 0 aromatic heterocycles. The van der Waals surface area contributed by atoms with Gasteiger partial charge >= 0.3 is 5.97 Å². The van der Waals surface area contributed by atoms with Gasteiger partial charge in [0.05, 0.1) is 13.8 Å². The third-order valence-corrected chi connectivity index (χ3v) is 3.37. The van der Waals surface area contributed by atoms with Crippen molar-refractivity contribution < 1.29 is 14.3 Å². The van der Waals surface area contributed by atoms with Crippen molar-refractivity contribution in [3.05, 3.63) is 0 Å². The minimum atomic E-state index is -0.108. The van der Waals surface area contributed by atoms with E-state index in [9.17, 15) is 4.79 Å². The molecule has 0 aliphatic carbocycles. The summed E-state index contributed by atoms with van der Waals surface area (Å²) in [6.07, 6.45) is 4.83. The third-order valence-electron chi connectivity index (χ3n) is 3.37. The highest BCUT2D eigenvalue weighted by Crippen LogP contribution is 2.10. The van der Waals surface area contributed by atoms with Gasteiger partial charge in [0.2, 0.25) is 0 Å². The Morgan fingerprint density at radius 1 is 1.28 bits per heavy atom. The van der Waals surface area contributed by atoms with Crippen molar-refractivity contribution in [1.29, 1.82) is 0 Å². The number of likely N-dealkylation sites (tertiary alicyclic amines) is 1. The zero-order chi connectivity index (χ0) is 13.2. The smallest absolute Gasteiger partial charge is 0.305 e. The van der Waals surface area contributed by atoms with Gasteiger partial charge in [-0.3, -0.25) is 9.69 Å². The van der Waals surface area contributed by atoms with Crippen LogP contribution in [-0.2, 0) is 14.3 Å². The van der Waals surface area contributed by atoms with Crippen LogP contribution in [0.1, 0.15) is 32.1 Å². The molecule has 0 atom stereocenters. The maximum atomic E-state index is 10.9. The monoisotopic (exact) mass is 258 g/mol. The molecule has 0 aromatic rings. The molecule has 0 bridgehead atoms. The number of unbranched alkanes of at least 4 members (excludes halogenated alkanes) is 1. The van der Waals surface area contributed by atoms with Crippen molar-refractivity contribution in [3.63, 3.8) is 0 Å². The van der Waals surface area contributed by atoms with Crippen LogP contribution in [0.4, 0.5) is 0 Å². The summed E-state index contributed by atoms with van der Waals surface area (Å²) in [6.45, 7) is 3.94. The highest BCUT2D eigenvalue weighted by molar-refractivity contribution is 5.68. The molecule has 0 saturated carbocycles. The fraction of sp³-hybridized carbons (Fsp3) is 0.923. The second-order valence-corrected chi connectivity index (χ2v) is 4.80. The molecule has 5 nitrogen and oxygen atoms in total. The zero-order valence-electron chi connectivity index (χ0n) is 11.6. The molecule has 18 heavy (non-hydrogen) atoms. The number of nitrogens with zero attached hydrogens (tertiary/aromatic N) is 1. The van der Waals surface area contributed by atoms with Crippen LogP contribution >= 0.6 is 0 Å². The number of rotatable bonds is 8. The van der Waals surface area contributed by atoms with Crippen molar-refractivity contribution in [1.82, 2.24) is 10.2 Å². The molecule has 1 fully saturated rings. The number of methoxy groups -OCH3 is 2. The lowest BCUT2D eigenvalue weighted by molar-refractivity contribution is -0.140. The van der Waals surface area contributed by atoms with E-state index in [1.807, 2.05) is 0 Å². The van der Waals surface area contributed by atoms with E-state index < -0.39 is 0 Å². The van der Waals surface area contributed by atoms with Gasteiger partial charge in [-0.15, -0.1) is 0 Å². The average molecular weight is 258 g/mol. The zero-order valence-corrected chi connectivity index (χ0v) is 11.6. The second-order valence-electron chi connectivity index (χ2n) is 4.80. The summed E-state index contributed by atoms with van der Waals surface area (Å²) in [5, 5.41) is 3.56. The number of hydrogen-bond donors (Lipinski definition) is 1. The maximum Gasteiger partial charge on any atom is 0.305 e. The summed E-state index contributed by atoms with van der Waals surface area (Å²) in [6, 6.07) is 0.622. The maximum absolute atomic E-state index is 10.9. The Kier molecular flexibility index (Phi) is 7.96. The second kappa shape index (κ2) is 9.30. The number of esters is 1. The molecule has 0 spiro atoms. The molecule has 1 rings (SSSR count). The number of hydrogen-bond acceptors (Lipinski definition) is 5. The molecule has 0 radical (unpaired) electrons. The van der Waals surface area contributed by atoms with E-state index in [1.165, 1.54) is 20.0 Å². The molecular weight excluding hydrogens is 232 g/mol. The first kappa shape index (κ1) is 15.4. The van der Waals surface area contributed by atoms with Crippen molar-refractivity contribution in [2.24, 2.45) is 0 Å².